The highest BCUT2D eigenvalue weighted by molar-refractivity contribution is 6.30. The Morgan fingerprint density at radius 2 is 2.00 bits per heavy atom. The third-order valence-corrected chi connectivity index (χ3v) is 3.28. The molecule has 114 valence electrons. The lowest BCUT2D eigenvalue weighted by Crippen LogP contribution is -2.22. The van der Waals surface area contributed by atoms with Gasteiger partial charge in [-0.15, -0.1) is 0 Å². The molecule has 5 heteroatoms. The average Bonchev–Trinajstić information content (AvgIpc) is 2.44. The zero-order valence-corrected chi connectivity index (χ0v) is 13.2. The molecule has 0 radical (unpaired) electrons. The molecular weight excluding hydrogens is 278 g/mol. The Balaban J connectivity index is 2.90. The molecule has 0 aliphatic rings. The maximum Gasteiger partial charge on any atom is 0.164 e. The molecule has 1 atom stereocenters. The highest BCUT2D eigenvalue weighted by atomic mass is 35.5. The lowest BCUT2D eigenvalue weighted by molar-refractivity contribution is 0.170. The van der Waals surface area contributed by atoms with Crippen LogP contribution in [0, 0.1) is 0 Å². The van der Waals surface area contributed by atoms with Gasteiger partial charge in [0, 0.05) is 42.8 Å². The first-order chi connectivity index (χ1) is 9.62. The molecule has 4 nitrogen and oxygen atoms in total. The van der Waals surface area contributed by atoms with E-state index in [1.165, 1.54) is 0 Å². The average molecular weight is 302 g/mol. The van der Waals surface area contributed by atoms with E-state index in [1.807, 2.05) is 6.07 Å². The van der Waals surface area contributed by atoms with E-state index in [2.05, 4.69) is 6.92 Å². The fourth-order valence-electron chi connectivity index (χ4n) is 1.89. The Morgan fingerprint density at radius 3 is 2.60 bits per heavy atom. The van der Waals surface area contributed by atoms with Crippen molar-refractivity contribution in [2.45, 2.75) is 32.2 Å². The van der Waals surface area contributed by atoms with Gasteiger partial charge in [-0.3, -0.25) is 0 Å². The summed E-state index contributed by atoms with van der Waals surface area (Å²) >= 11 is 6.11. The van der Waals surface area contributed by atoms with Crippen molar-refractivity contribution in [1.29, 1.82) is 0 Å². The maximum atomic E-state index is 6.11. The number of benzene rings is 1. The topological polar surface area (TPSA) is 53.7 Å². The number of methoxy groups -OCH3 is 2. The molecule has 0 bridgehead atoms. The first kappa shape index (κ1) is 17.1. The summed E-state index contributed by atoms with van der Waals surface area (Å²) in [6, 6.07) is 3.74. The van der Waals surface area contributed by atoms with Gasteiger partial charge in [0.2, 0.25) is 0 Å². The lowest BCUT2D eigenvalue weighted by atomic mass is 10.0. The molecule has 0 aliphatic heterocycles. The van der Waals surface area contributed by atoms with Crippen molar-refractivity contribution in [1.82, 2.24) is 0 Å². The highest BCUT2D eigenvalue weighted by Gasteiger charge is 2.15. The van der Waals surface area contributed by atoms with Crippen LogP contribution in [0.5, 0.6) is 11.5 Å². The molecule has 0 saturated heterocycles. The molecule has 20 heavy (non-hydrogen) atoms. The van der Waals surface area contributed by atoms with E-state index in [0.717, 1.165) is 24.2 Å². The zero-order chi connectivity index (χ0) is 15.0. The van der Waals surface area contributed by atoms with Crippen LogP contribution in [-0.4, -0.2) is 33.5 Å². The first-order valence-corrected chi connectivity index (χ1v) is 7.23. The number of ether oxygens (including phenoxy) is 3. The molecule has 1 unspecified atom stereocenters. The first-order valence-electron chi connectivity index (χ1n) is 6.86. The van der Waals surface area contributed by atoms with Gasteiger partial charge in [0.15, 0.2) is 11.5 Å². The van der Waals surface area contributed by atoms with E-state index >= 15 is 0 Å². The van der Waals surface area contributed by atoms with Gasteiger partial charge in [0.25, 0.3) is 0 Å². The number of nitrogens with two attached hydrogens (primary N) is 1. The summed E-state index contributed by atoms with van der Waals surface area (Å²) in [6.07, 6.45) is 2.44. The number of hydrogen-bond acceptors (Lipinski definition) is 4. The predicted molar refractivity (Wildman–Crippen MR) is 82.0 cm³/mol. The van der Waals surface area contributed by atoms with Crippen molar-refractivity contribution >= 4 is 11.6 Å². The van der Waals surface area contributed by atoms with Crippen molar-refractivity contribution in [3.8, 4) is 11.5 Å². The van der Waals surface area contributed by atoms with Crippen molar-refractivity contribution in [2.24, 2.45) is 5.73 Å². The normalized spacial score (nSPS) is 12.2. The number of hydrogen-bond donors (Lipinski definition) is 1. The summed E-state index contributed by atoms with van der Waals surface area (Å²) < 4.78 is 16.2. The highest BCUT2D eigenvalue weighted by Crippen LogP contribution is 2.35. The Kier molecular flexibility index (Phi) is 7.73. The Labute approximate surface area is 126 Å². The molecule has 0 saturated carbocycles. The second-order valence-electron chi connectivity index (χ2n) is 4.66. The Hall–Kier alpha value is -0.970. The van der Waals surface area contributed by atoms with Crippen LogP contribution in [0.25, 0.3) is 0 Å². The molecule has 0 amide bonds. The number of halogens is 1. The third kappa shape index (κ3) is 5.19. The molecule has 0 heterocycles. The van der Waals surface area contributed by atoms with E-state index in [0.29, 0.717) is 30.4 Å². The summed E-state index contributed by atoms with van der Waals surface area (Å²) in [5.41, 5.74) is 7.02. The minimum atomic E-state index is 0.0829. The monoisotopic (exact) mass is 301 g/mol. The van der Waals surface area contributed by atoms with Gasteiger partial charge in [0.05, 0.1) is 13.7 Å². The van der Waals surface area contributed by atoms with Crippen LogP contribution in [0.1, 0.15) is 25.3 Å². The molecule has 1 rings (SSSR count). The molecule has 1 aromatic carbocycles. The van der Waals surface area contributed by atoms with Crippen molar-refractivity contribution in [3.63, 3.8) is 0 Å². The van der Waals surface area contributed by atoms with Gasteiger partial charge in [0.1, 0.15) is 0 Å². The molecule has 0 fully saturated rings. The minimum Gasteiger partial charge on any atom is -0.493 e. The van der Waals surface area contributed by atoms with Gasteiger partial charge in [-0.1, -0.05) is 18.5 Å². The molecular formula is C15H24ClNO3. The second kappa shape index (κ2) is 9.06. The second-order valence-corrected chi connectivity index (χ2v) is 5.10. The van der Waals surface area contributed by atoms with Crippen LogP contribution in [0.3, 0.4) is 0 Å². The molecule has 0 spiro atoms. The van der Waals surface area contributed by atoms with Crippen molar-refractivity contribution in [2.75, 3.05) is 27.4 Å². The van der Waals surface area contributed by atoms with Crippen LogP contribution < -0.4 is 15.2 Å². The van der Waals surface area contributed by atoms with Crippen LogP contribution in [0.15, 0.2) is 12.1 Å². The molecule has 1 aromatic rings. The maximum absolute atomic E-state index is 6.11. The van der Waals surface area contributed by atoms with E-state index < -0.39 is 0 Å². The fraction of sp³-hybridized carbons (Fsp3) is 0.600. The van der Waals surface area contributed by atoms with Crippen LogP contribution in [0.4, 0.5) is 0 Å². The van der Waals surface area contributed by atoms with E-state index in [-0.39, 0.29) is 6.04 Å². The molecule has 2 N–H and O–H groups in total. The van der Waals surface area contributed by atoms with Crippen LogP contribution >= 0.6 is 11.6 Å². The van der Waals surface area contributed by atoms with Gasteiger partial charge >= 0.3 is 0 Å². The fourth-order valence-corrected chi connectivity index (χ4v) is 2.12. The Bertz CT molecular complexity index is 412. The Morgan fingerprint density at radius 1 is 1.25 bits per heavy atom. The van der Waals surface area contributed by atoms with E-state index in [4.69, 9.17) is 31.5 Å². The van der Waals surface area contributed by atoms with Crippen LogP contribution in [-0.2, 0) is 11.2 Å². The third-order valence-electron chi connectivity index (χ3n) is 3.06. The van der Waals surface area contributed by atoms with Crippen LogP contribution in [0.2, 0.25) is 5.02 Å². The standard InChI is InChI=1S/C15H24ClNO3/c1-4-13(17)9-11-8-12(16)10-14(19-3)15(11)20-7-5-6-18-2/h8,10,13H,4-7,9,17H2,1-3H3. The predicted octanol–water partition coefficient (Wildman–Crippen LogP) is 3.04. The van der Waals surface area contributed by atoms with Gasteiger partial charge in [-0.05, 0) is 18.9 Å². The van der Waals surface area contributed by atoms with Gasteiger partial charge < -0.3 is 19.9 Å². The van der Waals surface area contributed by atoms with Gasteiger partial charge in [-0.2, -0.15) is 0 Å². The quantitative estimate of drug-likeness (QED) is 0.712. The molecule has 0 aromatic heterocycles. The lowest BCUT2D eigenvalue weighted by Gasteiger charge is -2.17. The SMILES string of the molecule is CCC(N)Cc1cc(Cl)cc(OC)c1OCCCOC. The summed E-state index contributed by atoms with van der Waals surface area (Å²) in [7, 11) is 3.28. The van der Waals surface area contributed by atoms with Gasteiger partial charge in [-0.25, -0.2) is 0 Å². The minimum absolute atomic E-state index is 0.0829. The number of rotatable bonds is 9. The summed E-state index contributed by atoms with van der Waals surface area (Å²) in [6.45, 7) is 3.30. The summed E-state index contributed by atoms with van der Waals surface area (Å²) in [5, 5.41) is 0.629. The molecule has 0 aliphatic carbocycles. The van der Waals surface area contributed by atoms with Crippen molar-refractivity contribution in [3.05, 3.63) is 22.7 Å². The zero-order valence-electron chi connectivity index (χ0n) is 12.4. The summed E-state index contributed by atoms with van der Waals surface area (Å²) in [5.74, 6) is 1.38. The van der Waals surface area contributed by atoms with E-state index in [1.54, 1.807) is 20.3 Å². The van der Waals surface area contributed by atoms with E-state index in [9.17, 15) is 0 Å². The largest absolute Gasteiger partial charge is 0.493 e. The van der Waals surface area contributed by atoms with Crippen molar-refractivity contribution < 1.29 is 14.2 Å². The summed E-state index contributed by atoms with van der Waals surface area (Å²) in [4.78, 5) is 0. The smallest absolute Gasteiger partial charge is 0.164 e.